The Hall–Kier alpha value is -1.34. The Morgan fingerprint density at radius 1 is 1.36 bits per heavy atom. The summed E-state index contributed by atoms with van der Waals surface area (Å²) in [6.45, 7) is 5.62. The molecule has 0 aromatic carbocycles. The molecule has 1 unspecified atom stereocenters. The van der Waals surface area contributed by atoms with E-state index >= 15 is 0 Å². The van der Waals surface area contributed by atoms with Gasteiger partial charge in [0.2, 0.25) is 0 Å². The first-order valence-electron chi connectivity index (χ1n) is 8.10. The Morgan fingerprint density at radius 2 is 2.05 bits per heavy atom. The highest BCUT2D eigenvalue weighted by molar-refractivity contribution is 5.75. The van der Waals surface area contributed by atoms with E-state index in [9.17, 15) is 14.7 Å². The summed E-state index contributed by atoms with van der Waals surface area (Å²) in [4.78, 5) is 26.6. The van der Waals surface area contributed by atoms with Crippen molar-refractivity contribution >= 4 is 12.0 Å². The monoisotopic (exact) mass is 313 g/mol. The molecule has 126 valence electrons. The predicted molar refractivity (Wildman–Crippen MR) is 81.7 cm³/mol. The maximum absolute atomic E-state index is 12.2. The van der Waals surface area contributed by atoms with Crippen molar-refractivity contribution in [3.8, 4) is 0 Å². The summed E-state index contributed by atoms with van der Waals surface area (Å²) in [6, 6.07) is 0.224. The molecule has 1 heterocycles. The molecule has 3 N–H and O–H groups in total. The standard InChI is InChI=1S/C15H27N3O4/c1-3-15(22)5-6-18(10-15)14(21)16-11-7-12(8-11)17(4-2)9-13(19)20/h11-12,22H,3-10H2,1-2H3,(H,16,21)(H,19,20). The Bertz CT molecular complexity index is 425. The number of amides is 2. The van der Waals surface area contributed by atoms with Crippen LogP contribution in [0.15, 0.2) is 0 Å². The number of aliphatic carboxylic acids is 1. The second-order valence-electron chi connectivity index (χ2n) is 6.48. The van der Waals surface area contributed by atoms with Gasteiger partial charge in [-0.1, -0.05) is 13.8 Å². The number of β-amino-alcohol motifs (C(OH)–C–C–N with tert-alkyl or cyclic N) is 1. The van der Waals surface area contributed by atoms with E-state index in [0.29, 0.717) is 32.5 Å². The van der Waals surface area contributed by atoms with E-state index in [1.54, 1.807) is 4.90 Å². The van der Waals surface area contributed by atoms with Crippen LogP contribution in [0, 0.1) is 0 Å². The van der Waals surface area contributed by atoms with Gasteiger partial charge in [-0.3, -0.25) is 9.69 Å². The number of aliphatic hydroxyl groups is 1. The molecule has 1 saturated heterocycles. The third-order valence-electron chi connectivity index (χ3n) is 4.98. The number of carboxylic acid groups (broad SMARTS) is 1. The summed E-state index contributed by atoms with van der Waals surface area (Å²) < 4.78 is 0. The highest BCUT2D eigenvalue weighted by Crippen LogP contribution is 2.27. The molecule has 0 aromatic rings. The van der Waals surface area contributed by atoms with Gasteiger partial charge < -0.3 is 20.4 Å². The van der Waals surface area contributed by atoms with Crippen molar-refractivity contribution < 1.29 is 19.8 Å². The molecule has 22 heavy (non-hydrogen) atoms. The van der Waals surface area contributed by atoms with Crippen molar-refractivity contribution in [3.05, 3.63) is 0 Å². The number of likely N-dealkylation sites (N-methyl/N-ethyl adjacent to an activating group) is 1. The van der Waals surface area contributed by atoms with Gasteiger partial charge in [-0.05, 0) is 32.2 Å². The van der Waals surface area contributed by atoms with E-state index in [1.807, 2.05) is 18.7 Å². The van der Waals surface area contributed by atoms with Gasteiger partial charge in [0.15, 0.2) is 0 Å². The minimum atomic E-state index is -0.815. The minimum absolute atomic E-state index is 0.0531. The first-order valence-corrected chi connectivity index (χ1v) is 8.10. The first kappa shape index (κ1) is 17.0. The van der Waals surface area contributed by atoms with Crippen LogP contribution in [-0.4, -0.2) is 75.9 Å². The third-order valence-corrected chi connectivity index (χ3v) is 4.98. The van der Waals surface area contributed by atoms with Crippen LogP contribution < -0.4 is 5.32 Å². The SMILES string of the molecule is CCN(CC(=O)O)C1CC(NC(=O)N2CCC(O)(CC)C2)C1. The normalized spacial score (nSPS) is 31.2. The van der Waals surface area contributed by atoms with Crippen LogP contribution in [0.2, 0.25) is 0 Å². The Kier molecular flexibility index (Phi) is 5.28. The van der Waals surface area contributed by atoms with Crippen LogP contribution in [0.5, 0.6) is 0 Å². The average Bonchev–Trinajstić information content (AvgIpc) is 2.83. The number of carbonyl (C=O) groups excluding carboxylic acids is 1. The Balaban J connectivity index is 1.73. The topological polar surface area (TPSA) is 93.1 Å². The first-order chi connectivity index (χ1) is 10.4. The van der Waals surface area contributed by atoms with Crippen LogP contribution in [0.3, 0.4) is 0 Å². The van der Waals surface area contributed by atoms with Crippen molar-refractivity contribution in [2.45, 2.75) is 57.2 Å². The van der Waals surface area contributed by atoms with Gasteiger partial charge in [-0.25, -0.2) is 4.79 Å². The number of carbonyl (C=O) groups is 2. The number of likely N-dealkylation sites (tertiary alicyclic amines) is 1. The quantitative estimate of drug-likeness (QED) is 0.663. The molecule has 0 aromatic heterocycles. The molecule has 7 nitrogen and oxygen atoms in total. The molecule has 0 radical (unpaired) electrons. The van der Waals surface area contributed by atoms with E-state index < -0.39 is 11.6 Å². The molecule has 1 aliphatic carbocycles. The van der Waals surface area contributed by atoms with Crippen molar-refractivity contribution in [2.75, 3.05) is 26.2 Å². The summed E-state index contributed by atoms with van der Waals surface area (Å²) in [6.07, 6.45) is 2.87. The van der Waals surface area contributed by atoms with Gasteiger partial charge in [-0.2, -0.15) is 0 Å². The van der Waals surface area contributed by atoms with Crippen LogP contribution in [0.25, 0.3) is 0 Å². The van der Waals surface area contributed by atoms with Crippen molar-refractivity contribution in [3.63, 3.8) is 0 Å². The fourth-order valence-corrected chi connectivity index (χ4v) is 3.26. The van der Waals surface area contributed by atoms with Gasteiger partial charge in [0.05, 0.1) is 18.7 Å². The number of hydrogen-bond donors (Lipinski definition) is 3. The number of hydrogen-bond acceptors (Lipinski definition) is 4. The molecule has 0 bridgehead atoms. The van der Waals surface area contributed by atoms with Crippen LogP contribution in [-0.2, 0) is 4.79 Å². The van der Waals surface area contributed by atoms with Crippen molar-refractivity contribution in [1.29, 1.82) is 0 Å². The molecular weight excluding hydrogens is 286 g/mol. The second-order valence-corrected chi connectivity index (χ2v) is 6.48. The third kappa shape index (κ3) is 3.89. The summed E-state index contributed by atoms with van der Waals surface area (Å²) in [5.74, 6) is -0.815. The lowest BCUT2D eigenvalue weighted by atomic mass is 9.85. The summed E-state index contributed by atoms with van der Waals surface area (Å²) in [5.41, 5.74) is -0.736. The number of nitrogens with zero attached hydrogens (tertiary/aromatic N) is 2. The molecule has 2 aliphatic rings. The van der Waals surface area contributed by atoms with Crippen molar-refractivity contribution in [1.82, 2.24) is 15.1 Å². The molecule has 2 rings (SSSR count). The number of carboxylic acids is 1. The highest BCUT2D eigenvalue weighted by Gasteiger charge is 2.39. The van der Waals surface area contributed by atoms with E-state index in [4.69, 9.17) is 5.11 Å². The average molecular weight is 313 g/mol. The van der Waals surface area contributed by atoms with E-state index in [-0.39, 0.29) is 24.7 Å². The van der Waals surface area contributed by atoms with Gasteiger partial charge in [0, 0.05) is 18.6 Å². The lowest BCUT2D eigenvalue weighted by Gasteiger charge is -2.42. The molecule has 1 atom stereocenters. The maximum atomic E-state index is 12.2. The molecule has 7 heteroatoms. The highest BCUT2D eigenvalue weighted by atomic mass is 16.4. The second kappa shape index (κ2) is 6.83. The molecule has 2 amide bonds. The fraction of sp³-hybridized carbons (Fsp3) is 0.867. The zero-order valence-electron chi connectivity index (χ0n) is 13.4. The maximum Gasteiger partial charge on any atom is 0.317 e. The predicted octanol–water partition coefficient (Wildman–Crippen LogP) is 0.480. The van der Waals surface area contributed by atoms with Gasteiger partial charge in [-0.15, -0.1) is 0 Å². The Labute approximate surface area is 131 Å². The van der Waals surface area contributed by atoms with Crippen molar-refractivity contribution in [2.24, 2.45) is 0 Å². The van der Waals surface area contributed by atoms with Crippen LogP contribution in [0.4, 0.5) is 4.79 Å². The fourth-order valence-electron chi connectivity index (χ4n) is 3.26. The zero-order chi connectivity index (χ0) is 16.3. The van der Waals surface area contributed by atoms with E-state index in [2.05, 4.69) is 5.32 Å². The summed E-state index contributed by atoms with van der Waals surface area (Å²) in [7, 11) is 0. The van der Waals surface area contributed by atoms with Gasteiger partial charge in [0.25, 0.3) is 0 Å². The lowest BCUT2D eigenvalue weighted by molar-refractivity contribution is -0.139. The smallest absolute Gasteiger partial charge is 0.317 e. The van der Waals surface area contributed by atoms with Crippen LogP contribution >= 0.6 is 0 Å². The summed E-state index contributed by atoms with van der Waals surface area (Å²) in [5, 5.41) is 22.0. The zero-order valence-corrected chi connectivity index (χ0v) is 13.4. The Morgan fingerprint density at radius 3 is 2.55 bits per heavy atom. The largest absolute Gasteiger partial charge is 0.480 e. The van der Waals surface area contributed by atoms with E-state index in [1.165, 1.54) is 0 Å². The molecule has 1 saturated carbocycles. The number of rotatable bonds is 6. The summed E-state index contributed by atoms with van der Waals surface area (Å²) >= 11 is 0. The molecule has 2 fully saturated rings. The number of nitrogens with one attached hydrogen (secondary N) is 1. The van der Waals surface area contributed by atoms with Crippen LogP contribution in [0.1, 0.15) is 39.5 Å². The van der Waals surface area contributed by atoms with Gasteiger partial charge in [0.1, 0.15) is 0 Å². The van der Waals surface area contributed by atoms with E-state index in [0.717, 1.165) is 12.8 Å². The molecular formula is C15H27N3O4. The lowest BCUT2D eigenvalue weighted by Crippen LogP contribution is -2.56. The van der Waals surface area contributed by atoms with Gasteiger partial charge >= 0.3 is 12.0 Å². The minimum Gasteiger partial charge on any atom is -0.480 e. The number of urea groups is 1. The molecule has 1 aliphatic heterocycles. The molecule has 0 spiro atoms.